The number of esters is 1. The smallest absolute Gasteiger partial charge is 0.356 e. The van der Waals surface area contributed by atoms with Gasteiger partial charge in [0.15, 0.2) is 5.69 Å². The highest BCUT2D eigenvalue weighted by molar-refractivity contribution is 5.86. The third-order valence-corrected chi connectivity index (χ3v) is 5.14. The zero-order chi connectivity index (χ0) is 17.1. The van der Waals surface area contributed by atoms with E-state index in [1.165, 1.54) is 43.7 Å². The number of fused-ring (bicyclic) bond motifs is 1. The summed E-state index contributed by atoms with van der Waals surface area (Å²) < 4.78 is 5.79. The number of carbonyl (C=O) groups excluding carboxylic acids is 2. The predicted octanol–water partition coefficient (Wildman–Crippen LogP) is 1.21. The third kappa shape index (κ3) is 3.34. The van der Waals surface area contributed by atoms with E-state index >= 15 is 0 Å². The molecule has 2 heterocycles. The molecule has 1 aliphatic carbocycles. The van der Waals surface area contributed by atoms with Crippen LogP contribution < -0.4 is 5.56 Å². The van der Waals surface area contributed by atoms with Crippen LogP contribution in [0.3, 0.4) is 0 Å². The molecule has 1 aliphatic heterocycles. The van der Waals surface area contributed by atoms with Gasteiger partial charge in [-0.1, -0.05) is 12.8 Å². The fourth-order valence-electron chi connectivity index (χ4n) is 3.93. The summed E-state index contributed by atoms with van der Waals surface area (Å²) in [5.41, 5.74) is -0.465. The molecule has 1 saturated carbocycles. The first-order valence-electron chi connectivity index (χ1n) is 8.54. The summed E-state index contributed by atoms with van der Waals surface area (Å²) in [5, 5.41) is 0. The van der Waals surface area contributed by atoms with Crippen molar-refractivity contribution in [2.24, 2.45) is 5.92 Å². The van der Waals surface area contributed by atoms with Crippen LogP contribution in [0.4, 0.5) is 0 Å². The Morgan fingerprint density at radius 3 is 2.75 bits per heavy atom. The lowest BCUT2D eigenvalue weighted by Crippen LogP contribution is -2.51. The van der Waals surface area contributed by atoms with Crippen molar-refractivity contribution in [3.8, 4) is 0 Å². The fraction of sp³-hybridized carbons (Fsp3) is 0.647. The highest BCUT2D eigenvalue weighted by Gasteiger charge is 2.35. The fourth-order valence-corrected chi connectivity index (χ4v) is 3.93. The molecule has 7 nitrogen and oxygen atoms in total. The number of aromatic nitrogens is 2. The van der Waals surface area contributed by atoms with Crippen LogP contribution >= 0.6 is 0 Å². The predicted molar refractivity (Wildman–Crippen MR) is 86.5 cm³/mol. The Kier molecular flexibility index (Phi) is 4.97. The van der Waals surface area contributed by atoms with Crippen molar-refractivity contribution in [2.75, 3.05) is 13.7 Å². The van der Waals surface area contributed by atoms with Gasteiger partial charge in [0.1, 0.15) is 6.54 Å². The molecule has 0 N–H and O–H groups in total. The maximum atomic E-state index is 12.7. The SMILES string of the molecule is COC(=O)c1cc(=O)n(CC(=O)N2CCC[C@H]3CCCC[C@H]32)cn1. The van der Waals surface area contributed by atoms with Gasteiger partial charge in [0.2, 0.25) is 5.91 Å². The minimum Gasteiger partial charge on any atom is -0.464 e. The van der Waals surface area contributed by atoms with Crippen LogP contribution in [0.2, 0.25) is 0 Å². The van der Waals surface area contributed by atoms with Crippen LogP contribution in [0.15, 0.2) is 17.2 Å². The van der Waals surface area contributed by atoms with E-state index in [1.807, 2.05) is 4.90 Å². The third-order valence-electron chi connectivity index (χ3n) is 5.14. The number of hydrogen-bond donors (Lipinski definition) is 0. The summed E-state index contributed by atoms with van der Waals surface area (Å²) in [6.45, 7) is 0.735. The monoisotopic (exact) mass is 333 g/mol. The number of ether oxygens (including phenoxy) is 1. The average molecular weight is 333 g/mol. The van der Waals surface area contributed by atoms with E-state index in [9.17, 15) is 14.4 Å². The maximum absolute atomic E-state index is 12.7. The summed E-state index contributed by atoms with van der Waals surface area (Å²) in [4.78, 5) is 42.1. The van der Waals surface area contributed by atoms with Crippen molar-refractivity contribution in [3.63, 3.8) is 0 Å². The van der Waals surface area contributed by atoms with Crippen LogP contribution in [-0.4, -0.2) is 46.0 Å². The number of rotatable bonds is 3. The molecule has 3 rings (SSSR count). The number of amides is 1. The first-order chi connectivity index (χ1) is 11.6. The molecule has 1 amide bonds. The van der Waals surface area contributed by atoms with E-state index < -0.39 is 11.5 Å². The Morgan fingerprint density at radius 2 is 2.00 bits per heavy atom. The standard InChI is InChI=1S/C17H23N3O4/c1-24-17(23)13-9-15(21)19(11-18-13)10-16(22)20-8-4-6-12-5-2-3-7-14(12)20/h9,11-12,14H,2-8,10H2,1H3/t12-,14-/m1/s1. The Balaban J connectivity index is 1.72. The summed E-state index contributed by atoms with van der Waals surface area (Å²) in [6.07, 6.45) is 8.15. The van der Waals surface area contributed by atoms with Gasteiger partial charge in [0.25, 0.3) is 5.56 Å². The number of carbonyl (C=O) groups is 2. The van der Waals surface area contributed by atoms with Gasteiger partial charge < -0.3 is 9.64 Å². The van der Waals surface area contributed by atoms with Gasteiger partial charge in [-0.2, -0.15) is 0 Å². The van der Waals surface area contributed by atoms with Crippen molar-refractivity contribution in [2.45, 2.75) is 51.1 Å². The number of methoxy groups -OCH3 is 1. The molecule has 2 atom stereocenters. The lowest BCUT2D eigenvalue weighted by Gasteiger charge is -2.44. The van der Waals surface area contributed by atoms with Crippen molar-refractivity contribution in [1.29, 1.82) is 0 Å². The molecule has 0 bridgehead atoms. The molecule has 7 heteroatoms. The van der Waals surface area contributed by atoms with Gasteiger partial charge in [-0.05, 0) is 31.6 Å². The van der Waals surface area contributed by atoms with E-state index in [0.29, 0.717) is 12.0 Å². The van der Waals surface area contributed by atoms with E-state index in [2.05, 4.69) is 9.72 Å². The van der Waals surface area contributed by atoms with Crippen molar-refractivity contribution in [1.82, 2.24) is 14.5 Å². The molecule has 130 valence electrons. The molecule has 0 spiro atoms. The summed E-state index contributed by atoms with van der Waals surface area (Å²) in [5.74, 6) is -0.0963. The van der Waals surface area contributed by atoms with Gasteiger partial charge >= 0.3 is 5.97 Å². The van der Waals surface area contributed by atoms with Crippen LogP contribution in [0.5, 0.6) is 0 Å². The van der Waals surface area contributed by atoms with Crippen molar-refractivity contribution in [3.05, 3.63) is 28.4 Å². The molecule has 1 saturated heterocycles. The van der Waals surface area contributed by atoms with Crippen LogP contribution in [-0.2, 0) is 16.1 Å². The first-order valence-corrected chi connectivity index (χ1v) is 8.54. The molecule has 0 unspecified atom stereocenters. The van der Waals surface area contributed by atoms with Gasteiger partial charge in [0.05, 0.1) is 13.4 Å². The summed E-state index contributed by atoms with van der Waals surface area (Å²) >= 11 is 0. The maximum Gasteiger partial charge on any atom is 0.356 e. The van der Waals surface area contributed by atoms with Crippen molar-refractivity contribution < 1.29 is 14.3 Å². The molecule has 1 aromatic heterocycles. The van der Waals surface area contributed by atoms with E-state index in [-0.39, 0.29) is 18.1 Å². The number of hydrogen-bond acceptors (Lipinski definition) is 5. The Hall–Kier alpha value is -2.18. The molecule has 2 aliphatic rings. The van der Waals surface area contributed by atoms with Gasteiger partial charge in [-0.25, -0.2) is 9.78 Å². The van der Waals surface area contributed by atoms with Gasteiger partial charge in [-0.3, -0.25) is 14.2 Å². The highest BCUT2D eigenvalue weighted by atomic mass is 16.5. The molecular formula is C17H23N3O4. The molecule has 0 radical (unpaired) electrons. The van der Waals surface area contributed by atoms with Crippen molar-refractivity contribution >= 4 is 11.9 Å². The number of likely N-dealkylation sites (tertiary alicyclic amines) is 1. The zero-order valence-corrected chi connectivity index (χ0v) is 13.9. The van der Waals surface area contributed by atoms with Gasteiger partial charge in [-0.15, -0.1) is 0 Å². The largest absolute Gasteiger partial charge is 0.464 e. The molecule has 0 aromatic carbocycles. The summed E-state index contributed by atoms with van der Waals surface area (Å²) in [7, 11) is 1.23. The quantitative estimate of drug-likeness (QED) is 0.777. The minimum atomic E-state index is -0.661. The normalized spacial score (nSPS) is 23.5. The lowest BCUT2D eigenvalue weighted by molar-refractivity contribution is -0.138. The lowest BCUT2D eigenvalue weighted by atomic mass is 9.78. The summed E-state index contributed by atoms with van der Waals surface area (Å²) in [6, 6.07) is 1.43. The van der Waals surface area contributed by atoms with Gasteiger partial charge in [0, 0.05) is 18.7 Å². The van der Waals surface area contributed by atoms with E-state index in [0.717, 1.165) is 25.5 Å². The molecular weight excluding hydrogens is 310 g/mol. The minimum absolute atomic E-state index is 0.0312. The van der Waals surface area contributed by atoms with Crippen LogP contribution in [0.25, 0.3) is 0 Å². The second kappa shape index (κ2) is 7.15. The van der Waals surface area contributed by atoms with Crippen LogP contribution in [0.1, 0.15) is 49.0 Å². The zero-order valence-electron chi connectivity index (χ0n) is 13.9. The number of nitrogens with zero attached hydrogens (tertiary/aromatic N) is 3. The average Bonchev–Trinajstić information content (AvgIpc) is 2.62. The Labute approximate surface area is 140 Å². The Bertz CT molecular complexity index is 683. The van der Waals surface area contributed by atoms with E-state index in [4.69, 9.17) is 0 Å². The number of piperidine rings is 1. The molecule has 1 aromatic rings. The highest BCUT2D eigenvalue weighted by Crippen LogP contribution is 2.35. The first kappa shape index (κ1) is 16.7. The molecule has 24 heavy (non-hydrogen) atoms. The Morgan fingerprint density at radius 1 is 1.25 bits per heavy atom. The molecule has 2 fully saturated rings. The topological polar surface area (TPSA) is 81.5 Å². The van der Waals surface area contributed by atoms with E-state index in [1.54, 1.807) is 0 Å². The van der Waals surface area contributed by atoms with Crippen LogP contribution in [0, 0.1) is 5.92 Å². The second-order valence-corrected chi connectivity index (χ2v) is 6.57. The second-order valence-electron chi connectivity index (χ2n) is 6.57.